The first-order valence-electron chi connectivity index (χ1n) is 8.74. The SMILES string of the molecule is CSc1ccc(/C=C/C(=O)O[C@H](C)C(=O)NC2(C#N)CCCCC2)cc1. The van der Waals surface area contributed by atoms with Crippen LogP contribution in [0.15, 0.2) is 35.2 Å². The number of carbonyl (C=O) groups excluding carboxylic acids is 2. The van der Waals surface area contributed by atoms with Gasteiger partial charge in [-0.3, -0.25) is 4.79 Å². The van der Waals surface area contributed by atoms with Crippen LogP contribution in [0, 0.1) is 11.3 Å². The van der Waals surface area contributed by atoms with Crippen molar-refractivity contribution >= 4 is 29.7 Å². The number of ether oxygens (including phenoxy) is 1. The molecule has 1 saturated carbocycles. The van der Waals surface area contributed by atoms with Crippen molar-refractivity contribution in [3.05, 3.63) is 35.9 Å². The van der Waals surface area contributed by atoms with Gasteiger partial charge >= 0.3 is 5.97 Å². The Morgan fingerprint density at radius 3 is 2.50 bits per heavy atom. The lowest BCUT2D eigenvalue weighted by Gasteiger charge is -2.32. The second-order valence-electron chi connectivity index (χ2n) is 6.43. The number of hydrogen-bond donors (Lipinski definition) is 1. The van der Waals surface area contributed by atoms with Crippen LogP contribution in [0.4, 0.5) is 0 Å². The monoisotopic (exact) mass is 372 g/mol. The Morgan fingerprint density at radius 1 is 1.27 bits per heavy atom. The first-order valence-corrected chi connectivity index (χ1v) is 9.96. The average molecular weight is 372 g/mol. The normalized spacial score (nSPS) is 17.3. The summed E-state index contributed by atoms with van der Waals surface area (Å²) in [6.07, 6.45) is 8.20. The van der Waals surface area contributed by atoms with Crippen LogP contribution in [0.5, 0.6) is 0 Å². The van der Waals surface area contributed by atoms with Crippen molar-refractivity contribution in [3.8, 4) is 6.07 Å². The number of rotatable bonds is 6. The van der Waals surface area contributed by atoms with Crippen molar-refractivity contribution in [1.82, 2.24) is 5.32 Å². The molecular weight excluding hydrogens is 348 g/mol. The van der Waals surface area contributed by atoms with Crippen LogP contribution >= 0.6 is 11.8 Å². The lowest BCUT2D eigenvalue weighted by molar-refractivity contribution is -0.150. The van der Waals surface area contributed by atoms with E-state index in [1.54, 1.807) is 17.8 Å². The van der Waals surface area contributed by atoms with E-state index in [2.05, 4.69) is 11.4 Å². The van der Waals surface area contributed by atoms with Gasteiger partial charge in [-0.15, -0.1) is 11.8 Å². The fourth-order valence-electron chi connectivity index (χ4n) is 2.90. The van der Waals surface area contributed by atoms with Crippen molar-refractivity contribution in [3.63, 3.8) is 0 Å². The molecule has 0 spiro atoms. The third kappa shape index (κ3) is 5.63. The van der Waals surface area contributed by atoms with E-state index in [1.807, 2.05) is 30.5 Å². The van der Waals surface area contributed by atoms with Gasteiger partial charge in [-0.25, -0.2) is 4.79 Å². The summed E-state index contributed by atoms with van der Waals surface area (Å²) in [7, 11) is 0. The number of nitriles is 1. The van der Waals surface area contributed by atoms with Gasteiger partial charge in [0.25, 0.3) is 5.91 Å². The highest BCUT2D eigenvalue weighted by Crippen LogP contribution is 2.27. The highest BCUT2D eigenvalue weighted by Gasteiger charge is 2.35. The molecule has 2 rings (SSSR count). The molecule has 1 atom stereocenters. The number of carbonyl (C=O) groups is 2. The molecule has 1 aliphatic carbocycles. The minimum absolute atomic E-state index is 0.431. The van der Waals surface area contributed by atoms with Crippen LogP contribution in [-0.4, -0.2) is 29.8 Å². The maximum absolute atomic E-state index is 12.3. The molecule has 1 fully saturated rings. The molecule has 0 unspecified atom stereocenters. The molecule has 1 N–H and O–H groups in total. The summed E-state index contributed by atoms with van der Waals surface area (Å²) in [5, 5.41) is 12.2. The van der Waals surface area contributed by atoms with Crippen molar-refractivity contribution in [2.45, 2.75) is 55.6 Å². The molecule has 0 bridgehead atoms. The van der Waals surface area contributed by atoms with Crippen LogP contribution in [0.1, 0.15) is 44.6 Å². The van der Waals surface area contributed by atoms with Gasteiger partial charge in [-0.05, 0) is 49.8 Å². The largest absolute Gasteiger partial charge is 0.449 e. The smallest absolute Gasteiger partial charge is 0.331 e. The van der Waals surface area contributed by atoms with E-state index >= 15 is 0 Å². The minimum atomic E-state index is -0.946. The number of hydrogen-bond acceptors (Lipinski definition) is 5. The lowest BCUT2D eigenvalue weighted by Crippen LogP contribution is -2.52. The van der Waals surface area contributed by atoms with E-state index in [4.69, 9.17) is 4.74 Å². The quantitative estimate of drug-likeness (QED) is 0.468. The number of esters is 1. The highest BCUT2D eigenvalue weighted by atomic mass is 32.2. The Hall–Kier alpha value is -2.26. The van der Waals surface area contributed by atoms with E-state index in [0.717, 1.165) is 29.7 Å². The van der Waals surface area contributed by atoms with Gasteiger partial charge in [-0.1, -0.05) is 31.4 Å². The number of amides is 1. The second kappa shape index (κ2) is 9.44. The summed E-state index contributed by atoms with van der Waals surface area (Å²) in [6, 6.07) is 9.98. The molecular formula is C20H24N2O3S. The molecule has 1 aromatic rings. The third-order valence-electron chi connectivity index (χ3n) is 4.47. The van der Waals surface area contributed by atoms with Gasteiger partial charge in [0.15, 0.2) is 6.10 Å². The second-order valence-corrected chi connectivity index (χ2v) is 7.31. The summed E-state index contributed by atoms with van der Waals surface area (Å²) < 4.78 is 5.16. The van der Waals surface area contributed by atoms with Crippen LogP contribution in [0.3, 0.4) is 0 Å². The molecule has 0 radical (unpaired) electrons. The minimum Gasteiger partial charge on any atom is -0.449 e. The molecule has 1 amide bonds. The number of nitrogens with one attached hydrogen (secondary N) is 1. The van der Waals surface area contributed by atoms with Crippen molar-refractivity contribution in [2.75, 3.05) is 6.26 Å². The maximum atomic E-state index is 12.3. The Kier molecular flexibility index (Phi) is 7.28. The average Bonchev–Trinajstić information content (AvgIpc) is 2.67. The van der Waals surface area contributed by atoms with Gasteiger partial charge in [0.2, 0.25) is 0 Å². The van der Waals surface area contributed by atoms with Crippen molar-refractivity contribution in [2.24, 2.45) is 0 Å². The predicted molar refractivity (Wildman–Crippen MR) is 102 cm³/mol. The van der Waals surface area contributed by atoms with Crippen LogP contribution in [0.25, 0.3) is 6.08 Å². The Bertz CT molecular complexity index is 701. The molecule has 1 aliphatic rings. The molecule has 26 heavy (non-hydrogen) atoms. The zero-order valence-electron chi connectivity index (χ0n) is 15.2. The van der Waals surface area contributed by atoms with Crippen LogP contribution in [-0.2, 0) is 14.3 Å². The van der Waals surface area contributed by atoms with Crippen molar-refractivity contribution < 1.29 is 14.3 Å². The summed E-state index contributed by atoms with van der Waals surface area (Å²) >= 11 is 1.65. The fraction of sp³-hybridized carbons (Fsp3) is 0.450. The zero-order chi connectivity index (χ0) is 19.0. The lowest BCUT2D eigenvalue weighted by atomic mass is 9.83. The van der Waals surface area contributed by atoms with E-state index < -0.39 is 23.5 Å². The van der Waals surface area contributed by atoms with E-state index in [9.17, 15) is 14.9 Å². The summed E-state index contributed by atoms with van der Waals surface area (Å²) in [6.45, 7) is 1.52. The summed E-state index contributed by atoms with van der Waals surface area (Å²) in [5.74, 6) is -1.02. The summed E-state index contributed by atoms with van der Waals surface area (Å²) in [4.78, 5) is 25.4. The van der Waals surface area contributed by atoms with Crippen LogP contribution < -0.4 is 5.32 Å². The van der Waals surface area contributed by atoms with Gasteiger partial charge in [0.05, 0.1) is 6.07 Å². The summed E-state index contributed by atoms with van der Waals surface area (Å²) in [5.41, 5.74) is 0.0488. The van der Waals surface area contributed by atoms with Gasteiger partial charge in [-0.2, -0.15) is 5.26 Å². The molecule has 0 aliphatic heterocycles. The molecule has 0 heterocycles. The first kappa shape index (κ1) is 20.1. The first-order chi connectivity index (χ1) is 12.5. The van der Waals surface area contributed by atoms with E-state index in [1.165, 1.54) is 13.0 Å². The van der Waals surface area contributed by atoms with Gasteiger partial charge in [0, 0.05) is 11.0 Å². The fourth-order valence-corrected chi connectivity index (χ4v) is 3.31. The zero-order valence-corrected chi connectivity index (χ0v) is 16.0. The topological polar surface area (TPSA) is 79.2 Å². The molecule has 6 heteroatoms. The highest BCUT2D eigenvalue weighted by molar-refractivity contribution is 7.98. The standard InChI is InChI=1S/C20H24N2O3S/c1-15(19(24)22-20(14-21)12-4-3-5-13-20)25-18(23)11-8-16-6-9-17(26-2)10-7-16/h6-11,15H,3-5,12-13H2,1-2H3,(H,22,24)/b11-8+/t15-/m1/s1. The molecule has 1 aromatic carbocycles. The molecule has 138 valence electrons. The number of benzene rings is 1. The molecule has 0 saturated heterocycles. The Labute approximate surface area is 158 Å². The predicted octanol–water partition coefficient (Wildman–Crippen LogP) is 3.70. The maximum Gasteiger partial charge on any atom is 0.331 e. The Morgan fingerprint density at radius 2 is 1.92 bits per heavy atom. The van der Waals surface area contributed by atoms with Crippen LogP contribution in [0.2, 0.25) is 0 Å². The van der Waals surface area contributed by atoms with E-state index in [0.29, 0.717) is 12.8 Å². The molecule has 5 nitrogen and oxygen atoms in total. The number of thioether (sulfide) groups is 1. The number of nitrogens with zero attached hydrogens (tertiary/aromatic N) is 1. The Balaban J connectivity index is 1.88. The van der Waals surface area contributed by atoms with Gasteiger partial charge in [0.1, 0.15) is 5.54 Å². The van der Waals surface area contributed by atoms with Crippen molar-refractivity contribution in [1.29, 1.82) is 5.26 Å². The third-order valence-corrected chi connectivity index (χ3v) is 5.22. The van der Waals surface area contributed by atoms with Gasteiger partial charge < -0.3 is 10.1 Å². The van der Waals surface area contributed by atoms with E-state index in [-0.39, 0.29) is 0 Å². The molecule has 0 aromatic heterocycles.